The standard InChI is InChI=1S/C3H5FO2.Hg/c1-2(4)3(5)6;/h2H,1H3,(H,5,6);. The molecule has 0 aliphatic carbocycles. The average Bonchev–Trinajstić information content (AvgIpc) is 1.36. The maximum absolute atomic E-state index is 11.2. The minimum Gasteiger partial charge on any atom is -0.479 e. The van der Waals surface area contributed by atoms with Crippen LogP contribution in [0.5, 0.6) is 0 Å². The van der Waals surface area contributed by atoms with E-state index in [2.05, 4.69) is 0 Å². The third-order valence-electron chi connectivity index (χ3n) is 0.340. The van der Waals surface area contributed by atoms with E-state index >= 15 is 0 Å². The normalized spacial score (nSPS) is 11.7. The largest absolute Gasteiger partial charge is 0.479 e. The van der Waals surface area contributed by atoms with Crippen LogP contribution in [0.2, 0.25) is 0 Å². The molecule has 0 aliphatic heterocycles. The van der Waals surface area contributed by atoms with Gasteiger partial charge in [-0.1, -0.05) is 0 Å². The maximum atomic E-state index is 11.2. The Morgan fingerprint density at radius 2 is 2.00 bits per heavy atom. The molecule has 4 heteroatoms. The third-order valence-corrected chi connectivity index (χ3v) is 0.340. The summed E-state index contributed by atoms with van der Waals surface area (Å²) >= 11 is 0. The summed E-state index contributed by atoms with van der Waals surface area (Å²) in [6, 6.07) is 0. The molecule has 0 spiro atoms. The van der Waals surface area contributed by atoms with E-state index in [1.54, 1.807) is 0 Å². The Morgan fingerprint density at radius 3 is 2.00 bits per heavy atom. The van der Waals surface area contributed by atoms with Crippen molar-refractivity contribution in [3.63, 3.8) is 0 Å². The van der Waals surface area contributed by atoms with E-state index in [1.807, 2.05) is 0 Å². The molecule has 1 unspecified atom stereocenters. The molecule has 0 fully saturated rings. The van der Waals surface area contributed by atoms with Gasteiger partial charge in [0.1, 0.15) is 0 Å². The van der Waals surface area contributed by atoms with Crippen LogP contribution in [0.1, 0.15) is 6.92 Å². The second kappa shape index (κ2) is 4.49. The molecule has 0 rings (SSSR count). The van der Waals surface area contributed by atoms with E-state index in [1.165, 1.54) is 0 Å². The van der Waals surface area contributed by atoms with Gasteiger partial charge in [0, 0.05) is 27.7 Å². The van der Waals surface area contributed by atoms with E-state index in [0.717, 1.165) is 6.92 Å². The van der Waals surface area contributed by atoms with Gasteiger partial charge >= 0.3 is 5.97 Å². The van der Waals surface area contributed by atoms with Gasteiger partial charge in [0.15, 0.2) is 6.17 Å². The van der Waals surface area contributed by atoms with E-state index in [4.69, 9.17) is 5.11 Å². The van der Waals surface area contributed by atoms with E-state index in [0.29, 0.717) is 0 Å². The van der Waals surface area contributed by atoms with E-state index < -0.39 is 12.1 Å². The van der Waals surface area contributed by atoms with Crippen molar-refractivity contribution in [2.75, 3.05) is 0 Å². The number of hydrogen-bond acceptors (Lipinski definition) is 1. The Kier molecular flexibility index (Phi) is 6.64. The SMILES string of the molecule is CC(F)C(=O)O.[Hg]. The van der Waals surface area contributed by atoms with Crippen LogP contribution in [-0.2, 0) is 32.5 Å². The van der Waals surface area contributed by atoms with E-state index in [9.17, 15) is 9.18 Å². The maximum Gasteiger partial charge on any atom is 0.337 e. The summed E-state index contributed by atoms with van der Waals surface area (Å²) in [4.78, 5) is 9.32. The summed E-state index contributed by atoms with van der Waals surface area (Å²) in [5, 5.41) is 7.62. The molecule has 0 heterocycles. The minimum absolute atomic E-state index is 0. The number of aliphatic carboxylic acids is 1. The predicted molar refractivity (Wildman–Crippen MR) is 18.2 cm³/mol. The number of hydrogen-bond donors (Lipinski definition) is 1. The number of alkyl halides is 1. The van der Waals surface area contributed by atoms with E-state index in [-0.39, 0.29) is 27.7 Å². The van der Waals surface area contributed by atoms with Gasteiger partial charge in [-0.3, -0.25) is 0 Å². The molecule has 0 aliphatic rings. The number of carboxylic acids is 1. The summed E-state index contributed by atoms with van der Waals surface area (Å²) in [5.41, 5.74) is 0. The third kappa shape index (κ3) is 6.34. The molecular weight excluding hydrogens is 288 g/mol. The summed E-state index contributed by atoms with van der Waals surface area (Å²) < 4.78 is 11.2. The topological polar surface area (TPSA) is 37.3 Å². The zero-order valence-electron chi connectivity index (χ0n) is 4.02. The first-order valence-corrected chi connectivity index (χ1v) is 1.51. The number of rotatable bonds is 1. The van der Waals surface area contributed by atoms with Crippen LogP contribution < -0.4 is 0 Å². The Balaban J connectivity index is 0. The molecule has 0 bridgehead atoms. The second-order valence-electron chi connectivity index (χ2n) is 0.954. The molecule has 38 valence electrons. The van der Waals surface area contributed by atoms with Crippen molar-refractivity contribution >= 4 is 5.97 Å². The summed E-state index contributed by atoms with van der Waals surface area (Å²) in [7, 11) is 0. The van der Waals surface area contributed by atoms with Crippen molar-refractivity contribution in [1.82, 2.24) is 0 Å². The number of carboxylic acid groups (broad SMARTS) is 1. The fourth-order valence-electron chi connectivity index (χ4n) is 0. The van der Waals surface area contributed by atoms with Gasteiger partial charge in [0.2, 0.25) is 0 Å². The van der Waals surface area contributed by atoms with Crippen LogP contribution in [0.3, 0.4) is 0 Å². The van der Waals surface area contributed by atoms with Crippen molar-refractivity contribution in [2.45, 2.75) is 13.1 Å². The first-order valence-electron chi connectivity index (χ1n) is 1.51. The van der Waals surface area contributed by atoms with Crippen molar-refractivity contribution in [3.8, 4) is 0 Å². The molecule has 0 aromatic rings. The molecule has 7 heavy (non-hydrogen) atoms. The zero-order valence-corrected chi connectivity index (χ0v) is 9.52. The van der Waals surface area contributed by atoms with Crippen LogP contribution in [0.25, 0.3) is 0 Å². The van der Waals surface area contributed by atoms with Crippen molar-refractivity contribution in [2.24, 2.45) is 0 Å². The second-order valence-corrected chi connectivity index (χ2v) is 0.954. The first-order chi connectivity index (χ1) is 2.64. The van der Waals surface area contributed by atoms with Gasteiger partial charge in [-0.15, -0.1) is 0 Å². The summed E-state index contributed by atoms with van der Waals surface area (Å²) in [6.07, 6.45) is -1.73. The monoisotopic (exact) mass is 294 g/mol. The Hall–Kier alpha value is 0.335. The van der Waals surface area contributed by atoms with Crippen molar-refractivity contribution in [3.05, 3.63) is 0 Å². The molecule has 0 aromatic carbocycles. The smallest absolute Gasteiger partial charge is 0.337 e. The van der Waals surface area contributed by atoms with Gasteiger partial charge in [0.05, 0.1) is 0 Å². The summed E-state index contributed by atoms with van der Waals surface area (Å²) in [5.74, 6) is -1.41. The van der Waals surface area contributed by atoms with Gasteiger partial charge in [0.25, 0.3) is 0 Å². The summed E-state index contributed by atoms with van der Waals surface area (Å²) in [6.45, 7) is 0.975. The molecule has 0 radical (unpaired) electrons. The Bertz CT molecular complexity index is 64.0. The number of carbonyl (C=O) groups is 1. The van der Waals surface area contributed by atoms with Crippen LogP contribution in [0.4, 0.5) is 4.39 Å². The molecule has 0 saturated heterocycles. The fraction of sp³-hybridized carbons (Fsp3) is 0.667. The van der Waals surface area contributed by atoms with Gasteiger partial charge in [-0.2, -0.15) is 0 Å². The van der Waals surface area contributed by atoms with Crippen LogP contribution in [0, 0.1) is 0 Å². The quantitative estimate of drug-likeness (QED) is 0.712. The van der Waals surface area contributed by atoms with Crippen LogP contribution in [0.15, 0.2) is 0 Å². The Labute approximate surface area is 61.2 Å². The molecule has 0 aromatic heterocycles. The average molecular weight is 293 g/mol. The van der Waals surface area contributed by atoms with Crippen molar-refractivity contribution in [1.29, 1.82) is 0 Å². The first kappa shape index (κ1) is 10.3. The minimum atomic E-state index is -1.73. The predicted octanol–water partition coefficient (Wildman–Crippen LogP) is 0.426. The van der Waals surface area contributed by atoms with Crippen molar-refractivity contribution < 1.29 is 42.0 Å². The molecule has 2 nitrogen and oxygen atoms in total. The molecular formula is C3H5FHgO2. The van der Waals surface area contributed by atoms with Crippen LogP contribution in [-0.4, -0.2) is 17.2 Å². The zero-order chi connectivity index (χ0) is 5.15. The molecule has 0 saturated carbocycles. The van der Waals surface area contributed by atoms with Gasteiger partial charge < -0.3 is 5.11 Å². The van der Waals surface area contributed by atoms with Crippen LogP contribution >= 0.6 is 0 Å². The fourth-order valence-corrected chi connectivity index (χ4v) is 0. The molecule has 1 N–H and O–H groups in total. The molecule has 1 atom stereocenters. The van der Waals surface area contributed by atoms with Gasteiger partial charge in [-0.25, -0.2) is 9.18 Å². The van der Waals surface area contributed by atoms with Gasteiger partial charge in [-0.05, 0) is 6.92 Å². The number of halogens is 1. The molecule has 0 amide bonds. The Morgan fingerprint density at radius 1 is 1.86 bits per heavy atom.